The number of allylic oxidation sites excluding steroid dienone is 1. The molecule has 1 aliphatic heterocycles. The van der Waals surface area contributed by atoms with Gasteiger partial charge in [-0.15, -0.1) is 0 Å². The van der Waals surface area contributed by atoms with Gasteiger partial charge in [-0.25, -0.2) is 4.18 Å². The third kappa shape index (κ3) is 22.4. The van der Waals surface area contributed by atoms with Gasteiger partial charge in [0.25, 0.3) is 0 Å². The Bertz CT molecular complexity index is 951. The first-order valence-electron chi connectivity index (χ1n) is 19.1. The number of hydrogen-bond donors (Lipinski definition) is 6. The van der Waals surface area contributed by atoms with Crippen LogP contribution >= 0.6 is 0 Å². The summed E-state index contributed by atoms with van der Waals surface area (Å²) in [4.78, 5) is 12.9. The van der Waals surface area contributed by atoms with Crippen LogP contribution in [0.3, 0.4) is 0 Å². The van der Waals surface area contributed by atoms with Crippen molar-refractivity contribution >= 4 is 16.3 Å². The van der Waals surface area contributed by atoms with Gasteiger partial charge < -0.3 is 35.2 Å². The fraction of sp³-hybridized carbons (Fsp3) is 0.917. The Morgan fingerprint density at radius 2 is 1.29 bits per heavy atom. The zero-order valence-corrected chi connectivity index (χ0v) is 31.1. The lowest BCUT2D eigenvalue weighted by atomic mass is 9.99. The van der Waals surface area contributed by atoms with E-state index in [0.717, 1.165) is 38.5 Å². The number of aliphatic hydroxyl groups excluding tert-OH is 4. The molecular formula is C36H69NO11S. The van der Waals surface area contributed by atoms with Crippen molar-refractivity contribution < 1.29 is 51.8 Å². The van der Waals surface area contributed by atoms with Crippen LogP contribution in [0.25, 0.3) is 0 Å². The molecule has 0 radical (unpaired) electrons. The summed E-state index contributed by atoms with van der Waals surface area (Å²) >= 11 is 0. The summed E-state index contributed by atoms with van der Waals surface area (Å²) < 4.78 is 47.3. The Morgan fingerprint density at radius 1 is 0.796 bits per heavy atom. The molecule has 49 heavy (non-hydrogen) atoms. The topological polar surface area (TPSA) is 192 Å². The van der Waals surface area contributed by atoms with Crippen LogP contribution in [-0.4, -0.2) is 95.4 Å². The van der Waals surface area contributed by atoms with Crippen LogP contribution in [0.15, 0.2) is 12.2 Å². The largest absolute Gasteiger partial charge is 0.397 e. The Labute approximate surface area is 296 Å². The van der Waals surface area contributed by atoms with E-state index in [1.807, 2.05) is 6.08 Å². The summed E-state index contributed by atoms with van der Waals surface area (Å²) in [6, 6.07) is -0.934. The molecule has 2 unspecified atom stereocenters. The first-order valence-corrected chi connectivity index (χ1v) is 20.4. The quantitative estimate of drug-likeness (QED) is 0.0294. The van der Waals surface area contributed by atoms with Crippen molar-refractivity contribution in [2.24, 2.45) is 0 Å². The third-order valence-electron chi connectivity index (χ3n) is 9.07. The molecule has 1 amide bonds. The molecule has 12 nitrogen and oxygen atoms in total. The zero-order chi connectivity index (χ0) is 36.3. The highest BCUT2D eigenvalue weighted by Gasteiger charge is 2.48. The molecule has 0 aromatic heterocycles. The van der Waals surface area contributed by atoms with Crippen LogP contribution in [0.4, 0.5) is 0 Å². The van der Waals surface area contributed by atoms with E-state index in [2.05, 4.69) is 23.3 Å². The Balaban J connectivity index is 2.66. The molecule has 1 fully saturated rings. The van der Waals surface area contributed by atoms with Gasteiger partial charge in [-0.2, -0.15) is 8.42 Å². The van der Waals surface area contributed by atoms with Gasteiger partial charge in [-0.05, 0) is 19.3 Å². The number of hydrogen-bond acceptors (Lipinski definition) is 10. The van der Waals surface area contributed by atoms with Crippen molar-refractivity contribution in [1.29, 1.82) is 0 Å². The highest BCUT2D eigenvalue weighted by Crippen LogP contribution is 2.26. The maximum absolute atomic E-state index is 12.9. The molecule has 1 rings (SSSR count). The van der Waals surface area contributed by atoms with Gasteiger partial charge in [0.05, 0.1) is 25.4 Å². The fourth-order valence-corrected chi connectivity index (χ4v) is 6.55. The summed E-state index contributed by atoms with van der Waals surface area (Å²) in [5.41, 5.74) is 0. The Hall–Kier alpha value is -1.16. The van der Waals surface area contributed by atoms with Crippen LogP contribution in [0.5, 0.6) is 0 Å². The van der Waals surface area contributed by atoms with E-state index in [1.165, 1.54) is 89.9 Å². The fourth-order valence-electron chi connectivity index (χ4n) is 6.04. The molecule has 7 atom stereocenters. The average molecular weight is 724 g/mol. The molecule has 0 spiro atoms. The van der Waals surface area contributed by atoms with E-state index in [-0.39, 0.29) is 18.9 Å². The second kappa shape index (κ2) is 28.4. The van der Waals surface area contributed by atoms with E-state index in [9.17, 15) is 33.6 Å². The molecule has 0 aliphatic carbocycles. The van der Waals surface area contributed by atoms with E-state index in [1.54, 1.807) is 6.08 Å². The van der Waals surface area contributed by atoms with Gasteiger partial charge in [-0.1, -0.05) is 142 Å². The number of ether oxygens (including phenoxy) is 2. The van der Waals surface area contributed by atoms with Crippen molar-refractivity contribution in [2.45, 2.75) is 198 Å². The molecule has 290 valence electrons. The number of unbranched alkanes of at least 4 members (excludes halogenated alkanes) is 19. The van der Waals surface area contributed by atoms with Gasteiger partial charge in [0, 0.05) is 6.42 Å². The Morgan fingerprint density at radius 3 is 1.78 bits per heavy atom. The molecule has 0 saturated carbocycles. The van der Waals surface area contributed by atoms with E-state index in [0.29, 0.717) is 6.42 Å². The smallest absolute Gasteiger partial charge is 0.394 e. The second-order valence-electron chi connectivity index (χ2n) is 13.5. The molecule has 13 heteroatoms. The van der Waals surface area contributed by atoms with Crippen molar-refractivity contribution in [3.63, 3.8) is 0 Å². The van der Waals surface area contributed by atoms with Gasteiger partial charge in [0.1, 0.15) is 24.4 Å². The van der Waals surface area contributed by atoms with Crippen LogP contribution in [0, 0.1) is 0 Å². The third-order valence-corrected chi connectivity index (χ3v) is 9.53. The van der Waals surface area contributed by atoms with Crippen LogP contribution in [-0.2, 0) is 28.9 Å². The molecule has 6 N–H and O–H groups in total. The monoisotopic (exact) mass is 723 g/mol. The lowest BCUT2D eigenvalue weighted by Crippen LogP contribution is -2.61. The average Bonchev–Trinajstić information content (AvgIpc) is 3.06. The number of carbonyl (C=O) groups excluding carboxylic acids is 1. The molecule has 0 bridgehead atoms. The first-order chi connectivity index (χ1) is 23.5. The maximum Gasteiger partial charge on any atom is 0.397 e. The van der Waals surface area contributed by atoms with E-state index >= 15 is 0 Å². The number of rotatable bonds is 31. The van der Waals surface area contributed by atoms with Gasteiger partial charge in [0.15, 0.2) is 6.29 Å². The van der Waals surface area contributed by atoms with Crippen molar-refractivity contribution in [3.8, 4) is 0 Å². The number of nitrogens with one attached hydrogen (secondary N) is 1. The van der Waals surface area contributed by atoms with E-state index in [4.69, 9.17) is 14.0 Å². The minimum atomic E-state index is -5.07. The molecule has 1 aliphatic rings. The molecule has 0 aromatic rings. The highest BCUT2D eigenvalue weighted by atomic mass is 32.3. The number of aliphatic hydroxyl groups is 4. The van der Waals surface area contributed by atoms with E-state index < -0.39 is 59.9 Å². The van der Waals surface area contributed by atoms with Crippen molar-refractivity contribution in [2.75, 3.05) is 13.2 Å². The summed E-state index contributed by atoms with van der Waals surface area (Å²) in [5.74, 6) is -0.268. The van der Waals surface area contributed by atoms with Crippen LogP contribution in [0.2, 0.25) is 0 Å². The summed E-state index contributed by atoms with van der Waals surface area (Å²) in [7, 11) is -5.07. The summed E-state index contributed by atoms with van der Waals surface area (Å²) in [5, 5.41) is 44.3. The molecular weight excluding hydrogens is 654 g/mol. The predicted molar refractivity (Wildman–Crippen MR) is 190 cm³/mol. The van der Waals surface area contributed by atoms with Crippen molar-refractivity contribution in [1.82, 2.24) is 5.32 Å². The van der Waals surface area contributed by atoms with Gasteiger partial charge >= 0.3 is 10.4 Å². The molecule has 1 saturated heterocycles. The standard InChI is InChI=1S/C36H69NO11S/c1-3-5-7-9-11-13-14-15-16-18-19-21-23-25-30(39)29(37-32(40)26-24-22-20-17-12-10-8-6-4-2)28-46-36-34(42)35(48-49(43,44)45)33(41)31(27-38)47-36/h23,25,29-31,33-36,38-39,41-42H,3-22,24,26-28H2,1-2H3,(H,37,40)(H,43,44,45)/b25-23+/t29-,30+,31+,33-,34?,35?,36+/m0/s1. The normalized spacial score (nSPS) is 22.8. The van der Waals surface area contributed by atoms with Crippen LogP contribution in [0.1, 0.15) is 155 Å². The number of amides is 1. The van der Waals surface area contributed by atoms with Crippen LogP contribution < -0.4 is 5.32 Å². The SMILES string of the molecule is CCCCCCCCCCCCC/C=C/[C@@H](O)[C@H](CO[C@@H]1O[C@H](CO)[C@H](O)C(OS(=O)(=O)O)C1O)NC(=O)CCCCCCCCCCC. The van der Waals surface area contributed by atoms with Gasteiger partial charge in [-0.3, -0.25) is 9.35 Å². The summed E-state index contributed by atoms with van der Waals surface area (Å²) in [6.07, 6.45) is 18.4. The lowest BCUT2D eigenvalue weighted by Gasteiger charge is -2.41. The minimum Gasteiger partial charge on any atom is -0.394 e. The second-order valence-corrected chi connectivity index (χ2v) is 14.6. The minimum absolute atomic E-state index is 0.268. The van der Waals surface area contributed by atoms with Gasteiger partial charge in [0.2, 0.25) is 5.91 Å². The highest BCUT2D eigenvalue weighted by molar-refractivity contribution is 7.80. The number of carbonyl (C=O) groups is 1. The molecule has 0 aromatic carbocycles. The zero-order valence-electron chi connectivity index (χ0n) is 30.3. The maximum atomic E-state index is 12.9. The Kier molecular flexibility index (Phi) is 26.6. The first kappa shape index (κ1) is 45.9. The van der Waals surface area contributed by atoms with Crippen molar-refractivity contribution in [3.05, 3.63) is 12.2 Å². The summed E-state index contributed by atoms with van der Waals surface area (Å²) in [6.45, 7) is 3.32. The predicted octanol–water partition coefficient (Wildman–Crippen LogP) is 5.65. The molecule has 1 heterocycles. The lowest BCUT2D eigenvalue weighted by molar-refractivity contribution is -0.298.